The summed E-state index contributed by atoms with van der Waals surface area (Å²) in [6.45, 7) is 2.33. The first-order valence-corrected chi connectivity index (χ1v) is 7.83. The van der Waals surface area contributed by atoms with E-state index in [1.165, 1.54) is 12.0 Å². The number of rotatable bonds is 4. The zero-order valence-electron chi connectivity index (χ0n) is 10.8. The first kappa shape index (κ1) is 14.8. The molecule has 2 atom stereocenters. The Bertz CT molecular complexity index is 440. The van der Waals surface area contributed by atoms with Crippen molar-refractivity contribution in [2.45, 2.75) is 18.5 Å². The van der Waals surface area contributed by atoms with Gasteiger partial charge < -0.3 is 15.8 Å². The van der Waals surface area contributed by atoms with Gasteiger partial charge in [-0.25, -0.2) is 4.79 Å². The van der Waals surface area contributed by atoms with Crippen LogP contribution in [0, 0.1) is 0 Å². The van der Waals surface area contributed by atoms with Gasteiger partial charge in [-0.1, -0.05) is 0 Å². The van der Waals surface area contributed by atoms with Gasteiger partial charge in [-0.15, -0.1) is 11.3 Å². The van der Waals surface area contributed by atoms with E-state index in [0.717, 1.165) is 24.0 Å². The second-order valence-corrected chi connectivity index (χ2v) is 6.39. The largest absolute Gasteiger partial charge is 0.453 e. The van der Waals surface area contributed by atoms with Crippen LogP contribution in [-0.2, 0) is 4.74 Å². The quantitative estimate of drug-likeness (QED) is 0.873. The molecule has 5 nitrogen and oxygen atoms in total. The molecule has 1 fully saturated rings. The number of carbonyl (C=O) groups excluding carboxylic acids is 1. The van der Waals surface area contributed by atoms with Crippen molar-refractivity contribution in [1.29, 1.82) is 0 Å². The summed E-state index contributed by atoms with van der Waals surface area (Å²) in [6, 6.07) is 2.48. The standard InChI is InChI=1S/C12H18BrN3O2S/c1-18-12(17)15-9-2-3-16(6-9)10(5-14)11-4-8(13)7-19-11/h4,7,9-10H,2-3,5-6,14H2,1H3,(H,15,17). The minimum absolute atomic E-state index is 0.143. The number of hydrogen-bond acceptors (Lipinski definition) is 5. The number of alkyl carbamates (subject to hydrolysis) is 1. The third-order valence-electron chi connectivity index (χ3n) is 3.31. The van der Waals surface area contributed by atoms with E-state index in [-0.39, 0.29) is 18.2 Å². The van der Waals surface area contributed by atoms with Gasteiger partial charge in [-0.2, -0.15) is 0 Å². The van der Waals surface area contributed by atoms with E-state index in [1.54, 1.807) is 11.3 Å². The lowest BCUT2D eigenvalue weighted by atomic mass is 10.2. The molecule has 106 valence electrons. The molecule has 1 aliphatic rings. The van der Waals surface area contributed by atoms with Crippen LogP contribution in [0.4, 0.5) is 4.79 Å². The summed E-state index contributed by atoms with van der Waals surface area (Å²) < 4.78 is 5.72. The van der Waals surface area contributed by atoms with Crippen LogP contribution in [0.1, 0.15) is 17.3 Å². The van der Waals surface area contributed by atoms with Crippen molar-refractivity contribution in [3.05, 3.63) is 20.8 Å². The van der Waals surface area contributed by atoms with Crippen molar-refractivity contribution in [2.24, 2.45) is 5.73 Å². The number of likely N-dealkylation sites (tertiary alicyclic amines) is 1. The molecule has 2 unspecified atom stereocenters. The molecule has 1 amide bonds. The van der Waals surface area contributed by atoms with Gasteiger partial charge in [0.2, 0.25) is 0 Å². The van der Waals surface area contributed by atoms with Gasteiger partial charge in [0.1, 0.15) is 0 Å². The van der Waals surface area contributed by atoms with Crippen LogP contribution in [0.3, 0.4) is 0 Å². The molecular formula is C12H18BrN3O2S. The smallest absolute Gasteiger partial charge is 0.407 e. The van der Waals surface area contributed by atoms with Crippen molar-refractivity contribution in [3.8, 4) is 0 Å². The van der Waals surface area contributed by atoms with Gasteiger partial charge in [0.25, 0.3) is 0 Å². The number of nitrogens with two attached hydrogens (primary N) is 1. The molecule has 0 radical (unpaired) electrons. The van der Waals surface area contributed by atoms with E-state index >= 15 is 0 Å². The molecule has 1 aromatic heterocycles. The zero-order chi connectivity index (χ0) is 13.8. The van der Waals surface area contributed by atoms with Crippen LogP contribution in [0.15, 0.2) is 15.9 Å². The second kappa shape index (κ2) is 6.69. The van der Waals surface area contributed by atoms with Crippen LogP contribution < -0.4 is 11.1 Å². The second-order valence-electron chi connectivity index (χ2n) is 4.54. The number of halogens is 1. The SMILES string of the molecule is COC(=O)NC1CCN(C(CN)c2cc(Br)cs2)C1. The minimum Gasteiger partial charge on any atom is -0.453 e. The summed E-state index contributed by atoms with van der Waals surface area (Å²) in [5, 5.41) is 4.91. The molecule has 0 bridgehead atoms. The first-order chi connectivity index (χ1) is 9.13. The fourth-order valence-electron chi connectivity index (χ4n) is 2.36. The molecule has 1 aliphatic heterocycles. The highest BCUT2D eigenvalue weighted by Gasteiger charge is 2.30. The van der Waals surface area contributed by atoms with Gasteiger partial charge in [0, 0.05) is 40.4 Å². The Kier molecular flexibility index (Phi) is 5.20. The van der Waals surface area contributed by atoms with Gasteiger partial charge in [-0.3, -0.25) is 4.90 Å². The molecule has 0 saturated carbocycles. The Hall–Kier alpha value is -0.630. The minimum atomic E-state index is -0.366. The third-order valence-corrected chi connectivity index (χ3v) is 5.10. The van der Waals surface area contributed by atoms with Crippen molar-refractivity contribution in [1.82, 2.24) is 10.2 Å². The summed E-state index contributed by atoms with van der Waals surface area (Å²) in [7, 11) is 1.38. The summed E-state index contributed by atoms with van der Waals surface area (Å²) in [6.07, 6.45) is 0.563. The molecule has 1 saturated heterocycles. The van der Waals surface area contributed by atoms with E-state index in [2.05, 4.69) is 42.3 Å². The first-order valence-electron chi connectivity index (χ1n) is 6.16. The molecule has 3 N–H and O–H groups in total. The highest BCUT2D eigenvalue weighted by Crippen LogP contribution is 2.31. The molecule has 0 aromatic carbocycles. The lowest BCUT2D eigenvalue weighted by Gasteiger charge is -2.25. The Morgan fingerprint density at radius 1 is 1.79 bits per heavy atom. The van der Waals surface area contributed by atoms with E-state index in [0.29, 0.717) is 6.54 Å². The maximum atomic E-state index is 11.2. The number of ether oxygens (including phenoxy) is 1. The normalized spacial score (nSPS) is 21.3. The van der Waals surface area contributed by atoms with Crippen LogP contribution in [0.5, 0.6) is 0 Å². The Labute approximate surface area is 125 Å². The zero-order valence-corrected chi connectivity index (χ0v) is 13.2. The van der Waals surface area contributed by atoms with Crippen LogP contribution in [0.2, 0.25) is 0 Å². The molecule has 2 rings (SSSR count). The number of amides is 1. The van der Waals surface area contributed by atoms with Crippen LogP contribution in [-0.4, -0.2) is 43.8 Å². The maximum Gasteiger partial charge on any atom is 0.407 e. The van der Waals surface area contributed by atoms with Gasteiger partial charge >= 0.3 is 6.09 Å². The lowest BCUT2D eigenvalue weighted by molar-refractivity contribution is 0.165. The average molecular weight is 348 g/mol. The molecule has 0 spiro atoms. The van der Waals surface area contributed by atoms with Crippen molar-refractivity contribution in [3.63, 3.8) is 0 Å². The predicted molar refractivity (Wildman–Crippen MR) is 79.3 cm³/mol. The molecular weight excluding hydrogens is 330 g/mol. The summed E-state index contributed by atoms with van der Waals surface area (Å²) in [5.41, 5.74) is 5.90. The lowest BCUT2D eigenvalue weighted by Crippen LogP contribution is -2.38. The summed E-state index contributed by atoms with van der Waals surface area (Å²) in [4.78, 5) is 14.8. The Balaban J connectivity index is 1.96. The maximum absolute atomic E-state index is 11.2. The number of carbonyl (C=O) groups is 1. The number of methoxy groups -OCH3 is 1. The number of thiophene rings is 1. The van der Waals surface area contributed by atoms with Gasteiger partial charge in [-0.05, 0) is 28.4 Å². The number of nitrogens with one attached hydrogen (secondary N) is 1. The highest BCUT2D eigenvalue weighted by molar-refractivity contribution is 9.10. The van der Waals surface area contributed by atoms with E-state index in [1.807, 2.05) is 0 Å². The van der Waals surface area contributed by atoms with E-state index < -0.39 is 0 Å². The molecule has 19 heavy (non-hydrogen) atoms. The van der Waals surface area contributed by atoms with Gasteiger partial charge in [0.05, 0.1) is 13.2 Å². The third kappa shape index (κ3) is 3.68. The summed E-state index contributed by atoms with van der Waals surface area (Å²) in [5.74, 6) is 0. The Morgan fingerprint density at radius 3 is 3.16 bits per heavy atom. The fourth-order valence-corrected chi connectivity index (χ4v) is 3.95. The van der Waals surface area contributed by atoms with Crippen molar-refractivity contribution >= 4 is 33.4 Å². The van der Waals surface area contributed by atoms with Crippen molar-refractivity contribution < 1.29 is 9.53 Å². The van der Waals surface area contributed by atoms with E-state index in [4.69, 9.17) is 5.73 Å². The molecule has 7 heteroatoms. The monoisotopic (exact) mass is 347 g/mol. The topological polar surface area (TPSA) is 67.6 Å². The fraction of sp³-hybridized carbons (Fsp3) is 0.583. The summed E-state index contributed by atoms with van der Waals surface area (Å²) >= 11 is 5.18. The van der Waals surface area contributed by atoms with E-state index in [9.17, 15) is 4.79 Å². The number of nitrogens with zero attached hydrogens (tertiary/aromatic N) is 1. The molecule has 0 aliphatic carbocycles. The van der Waals surface area contributed by atoms with Crippen LogP contribution >= 0.6 is 27.3 Å². The van der Waals surface area contributed by atoms with Crippen LogP contribution in [0.25, 0.3) is 0 Å². The van der Waals surface area contributed by atoms with Crippen molar-refractivity contribution in [2.75, 3.05) is 26.7 Å². The Morgan fingerprint density at radius 2 is 2.58 bits per heavy atom. The highest BCUT2D eigenvalue weighted by atomic mass is 79.9. The number of hydrogen-bond donors (Lipinski definition) is 2. The molecule has 2 heterocycles. The molecule has 1 aromatic rings. The predicted octanol–water partition coefficient (Wildman–Crippen LogP) is 1.94. The van der Waals surface area contributed by atoms with Gasteiger partial charge in [0.15, 0.2) is 0 Å². The average Bonchev–Trinajstić information content (AvgIpc) is 3.01.